The van der Waals surface area contributed by atoms with Gasteiger partial charge in [0.05, 0.1) is 18.8 Å². The highest BCUT2D eigenvalue weighted by Crippen LogP contribution is 2.19. The van der Waals surface area contributed by atoms with Gasteiger partial charge in [-0.3, -0.25) is 14.2 Å². The first kappa shape index (κ1) is 29.6. The second kappa shape index (κ2) is 13.7. The number of nitrogens with zero attached hydrogens (tertiary/aromatic N) is 3. The van der Waals surface area contributed by atoms with Gasteiger partial charge in [0.2, 0.25) is 11.8 Å². The molecule has 3 rings (SSSR count). The van der Waals surface area contributed by atoms with Crippen molar-refractivity contribution in [2.75, 3.05) is 39.7 Å². The van der Waals surface area contributed by atoms with Crippen molar-refractivity contribution in [3.05, 3.63) is 45.9 Å². The first-order valence-corrected chi connectivity index (χ1v) is 12.7. The van der Waals surface area contributed by atoms with Crippen LogP contribution in [-0.4, -0.2) is 70.9 Å². The summed E-state index contributed by atoms with van der Waals surface area (Å²) in [5.41, 5.74) is 7.71. The van der Waals surface area contributed by atoms with Gasteiger partial charge in [-0.15, -0.1) is 0 Å². The zero-order valence-electron chi connectivity index (χ0n) is 22.8. The molecule has 0 fully saturated rings. The molecule has 212 valence electrons. The van der Waals surface area contributed by atoms with Crippen molar-refractivity contribution in [3.63, 3.8) is 0 Å². The van der Waals surface area contributed by atoms with Gasteiger partial charge in [0, 0.05) is 40.2 Å². The number of hydrogen-bond acceptors (Lipinski definition) is 9. The highest BCUT2D eigenvalue weighted by Gasteiger charge is 2.17. The molecule has 3 aromatic rings. The van der Waals surface area contributed by atoms with E-state index in [9.17, 15) is 14.4 Å². The summed E-state index contributed by atoms with van der Waals surface area (Å²) in [6.07, 6.45) is 0.895. The van der Waals surface area contributed by atoms with E-state index in [0.29, 0.717) is 37.3 Å². The number of hydrogen-bond donors (Lipinski definition) is 4. The zero-order valence-corrected chi connectivity index (χ0v) is 22.8. The number of aromatic amines is 1. The molecule has 2 amide bonds. The first-order chi connectivity index (χ1) is 18.6. The first-order valence-electron chi connectivity index (χ1n) is 12.7. The second-order valence-corrected chi connectivity index (χ2v) is 9.60. The Morgan fingerprint density at radius 2 is 1.69 bits per heavy atom. The molecule has 0 atom stereocenters. The fourth-order valence-electron chi connectivity index (χ4n) is 3.61. The van der Waals surface area contributed by atoms with Gasteiger partial charge in [-0.25, -0.2) is 4.79 Å². The average molecular weight is 544 g/mol. The van der Waals surface area contributed by atoms with E-state index in [0.717, 1.165) is 11.1 Å². The number of imidazole rings is 1. The summed E-state index contributed by atoms with van der Waals surface area (Å²) < 4.78 is 17.2. The number of anilines is 1. The van der Waals surface area contributed by atoms with E-state index >= 15 is 0 Å². The number of nitrogens with one attached hydrogen (secondary N) is 3. The maximum atomic E-state index is 12.6. The summed E-state index contributed by atoms with van der Waals surface area (Å²) in [5, 5.41) is 5.63. The third-order valence-corrected chi connectivity index (χ3v) is 6.18. The van der Waals surface area contributed by atoms with Crippen LogP contribution >= 0.6 is 0 Å². The molecule has 0 aliphatic heterocycles. The predicted molar refractivity (Wildman–Crippen MR) is 145 cm³/mol. The number of methoxy groups -OCH3 is 2. The fraction of sp³-hybridized carbons (Fsp3) is 0.500. The van der Waals surface area contributed by atoms with Crippen LogP contribution in [0.5, 0.6) is 6.01 Å². The Bertz CT molecular complexity index is 1320. The van der Waals surface area contributed by atoms with Gasteiger partial charge >= 0.3 is 11.7 Å². The minimum Gasteiger partial charge on any atom is -0.461 e. The fourth-order valence-corrected chi connectivity index (χ4v) is 3.61. The number of rotatable bonds is 15. The van der Waals surface area contributed by atoms with E-state index in [-0.39, 0.29) is 60.9 Å². The number of amides is 2. The van der Waals surface area contributed by atoms with Crippen LogP contribution in [0.1, 0.15) is 44.2 Å². The van der Waals surface area contributed by atoms with Crippen LogP contribution in [0.3, 0.4) is 0 Å². The smallest absolute Gasteiger partial charge is 0.328 e. The van der Waals surface area contributed by atoms with E-state index in [2.05, 4.69) is 25.6 Å². The van der Waals surface area contributed by atoms with E-state index in [4.69, 9.17) is 19.9 Å². The normalized spacial score (nSPS) is 11.5. The predicted octanol–water partition coefficient (Wildman–Crippen LogP) is 1.10. The van der Waals surface area contributed by atoms with E-state index in [1.807, 2.05) is 38.1 Å². The van der Waals surface area contributed by atoms with Gasteiger partial charge < -0.3 is 35.6 Å². The van der Waals surface area contributed by atoms with Crippen LogP contribution in [0.2, 0.25) is 0 Å². The standard InChI is InChI=1S/C26H37N7O6/c1-26(2,38-4)11-12-28-19(34)9-10-20(35)29-15-17-5-7-18(8-6-17)16-33-23-21(30-25(33)36)22(27)31-24(32-23)39-14-13-37-3/h5-8H,9-16H2,1-4H3,(H,28,34)(H,29,35)(H,30,36)(H2,27,31,32). The molecule has 0 aliphatic rings. The number of fused-ring (bicyclic) bond motifs is 1. The molecule has 0 spiro atoms. The van der Waals surface area contributed by atoms with E-state index < -0.39 is 0 Å². The number of carbonyl (C=O) groups excluding carboxylic acids is 2. The van der Waals surface area contributed by atoms with Crippen molar-refractivity contribution in [2.24, 2.45) is 0 Å². The summed E-state index contributed by atoms with van der Waals surface area (Å²) in [7, 11) is 3.19. The average Bonchev–Trinajstić information content (AvgIpc) is 3.22. The lowest BCUT2D eigenvalue weighted by Gasteiger charge is -2.22. The quantitative estimate of drug-likeness (QED) is 0.205. The minimum absolute atomic E-state index is 0.0587. The van der Waals surface area contributed by atoms with Crippen LogP contribution in [0.15, 0.2) is 29.1 Å². The van der Waals surface area contributed by atoms with Crippen molar-refractivity contribution in [1.82, 2.24) is 30.2 Å². The molecule has 0 saturated heterocycles. The highest BCUT2D eigenvalue weighted by atomic mass is 16.5. The Hall–Kier alpha value is -3.97. The van der Waals surface area contributed by atoms with Crippen LogP contribution in [0, 0.1) is 0 Å². The Balaban J connectivity index is 1.51. The molecule has 0 saturated carbocycles. The molecule has 0 radical (unpaired) electrons. The highest BCUT2D eigenvalue weighted by molar-refractivity contribution is 5.83. The molecule has 2 heterocycles. The van der Waals surface area contributed by atoms with Gasteiger partial charge in [0.15, 0.2) is 11.5 Å². The summed E-state index contributed by atoms with van der Waals surface area (Å²) in [4.78, 5) is 47.8. The van der Waals surface area contributed by atoms with Crippen LogP contribution in [0.4, 0.5) is 5.82 Å². The van der Waals surface area contributed by atoms with E-state index in [1.165, 1.54) is 4.57 Å². The molecule has 5 N–H and O–H groups in total. The third-order valence-electron chi connectivity index (χ3n) is 6.18. The van der Waals surface area contributed by atoms with Gasteiger partial charge in [0.1, 0.15) is 12.1 Å². The van der Waals surface area contributed by atoms with Gasteiger partial charge in [-0.05, 0) is 31.4 Å². The summed E-state index contributed by atoms with van der Waals surface area (Å²) >= 11 is 0. The Kier molecular flexibility index (Phi) is 10.4. The number of H-pyrrole nitrogens is 1. The number of nitrogens with two attached hydrogens (primary N) is 1. The van der Waals surface area contributed by atoms with Crippen molar-refractivity contribution in [3.8, 4) is 6.01 Å². The van der Waals surface area contributed by atoms with Crippen molar-refractivity contribution in [1.29, 1.82) is 0 Å². The van der Waals surface area contributed by atoms with Gasteiger partial charge in [-0.2, -0.15) is 9.97 Å². The maximum Gasteiger partial charge on any atom is 0.328 e. The van der Waals surface area contributed by atoms with Crippen LogP contribution in [-0.2, 0) is 32.2 Å². The van der Waals surface area contributed by atoms with Gasteiger partial charge in [-0.1, -0.05) is 24.3 Å². The molecular formula is C26H37N7O6. The summed E-state index contributed by atoms with van der Waals surface area (Å²) in [6.45, 7) is 5.55. The Labute approximate surface area is 226 Å². The van der Waals surface area contributed by atoms with Crippen molar-refractivity contribution < 1.29 is 23.8 Å². The SMILES string of the molecule is COCCOc1nc(N)c2[nH]c(=O)n(Cc3ccc(CNC(=O)CCC(=O)NCCC(C)(C)OC)cc3)c2n1. The molecule has 13 nitrogen and oxygen atoms in total. The monoisotopic (exact) mass is 543 g/mol. The molecule has 13 heteroatoms. The zero-order chi connectivity index (χ0) is 28.4. The molecule has 0 bridgehead atoms. The lowest BCUT2D eigenvalue weighted by Crippen LogP contribution is -2.32. The van der Waals surface area contributed by atoms with Gasteiger partial charge in [0.25, 0.3) is 0 Å². The number of aromatic nitrogens is 4. The number of nitrogen functional groups attached to an aromatic ring is 1. The number of ether oxygens (including phenoxy) is 3. The largest absolute Gasteiger partial charge is 0.461 e. The second-order valence-electron chi connectivity index (χ2n) is 9.60. The van der Waals surface area contributed by atoms with E-state index in [1.54, 1.807) is 14.2 Å². The van der Waals surface area contributed by atoms with Crippen molar-refractivity contribution in [2.45, 2.75) is 51.8 Å². The summed E-state index contributed by atoms with van der Waals surface area (Å²) in [6, 6.07) is 7.51. The molecule has 0 unspecified atom stereocenters. The minimum atomic E-state index is -0.372. The molecule has 2 aromatic heterocycles. The maximum absolute atomic E-state index is 12.6. The topological polar surface area (TPSA) is 175 Å². The molecule has 39 heavy (non-hydrogen) atoms. The Morgan fingerprint density at radius 3 is 2.36 bits per heavy atom. The van der Waals surface area contributed by atoms with Crippen molar-refractivity contribution >= 4 is 28.8 Å². The third kappa shape index (κ3) is 8.79. The summed E-state index contributed by atoms with van der Waals surface area (Å²) in [5.74, 6) is -0.269. The lowest BCUT2D eigenvalue weighted by molar-refractivity contribution is -0.126. The van der Waals surface area contributed by atoms with Crippen LogP contribution < -0.4 is 26.8 Å². The number of benzene rings is 1. The molecule has 1 aromatic carbocycles. The molecule has 0 aliphatic carbocycles. The lowest BCUT2D eigenvalue weighted by atomic mass is 10.1. The van der Waals surface area contributed by atoms with Crippen LogP contribution in [0.25, 0.3) is 11.2 Å². The Morgan fingerprint density at radius 1 is 1.03 bits per heavy atom. The molecular weight excluding hydrogens is 506 g/mol. The number of carbonyl (C=O) groups is 2.